The van der Waals surface area contributed by atoms with Gasteiger partial charge in [-0.1, -0.05) is 109 Å². The molecule has 1 heterocycles. The molecule has 6 aromatic rings. The second-order valence-electron chi connectivity index (χ2n) is 10.7. The molecule has 12 heteroatoms. The van der Waals surface area contributed by atoms with Gasteiger partial charge in [-0.2, -0.15) is 12.9 Å². The summed E-state index contributed by atoms with van der Waals surface area (Å²) in [4.78, 5) is -0.146. The quantitative estimate of drug-likeness (QED) is 0.237. The Bertz CT molecular complexity index is 2150. The molecule has 0 N–H and O–H groups in total. The van der Waals surface area contributed by atoms with E-state index in [0.717, 1.165) is 12.9 Å². The van der Waals surface area contributed by atoms with Crippen LogP contribution >= 0.6 is 0 Å². The van der Waals surface area contributed by atoms with E-state index in [-0.39, 0.29) is 14.7 Å². The summed E-state index contributed by atoms with van der Waals surface area (Å²) in [5, 5.41) is 3.36. The molecular weight excluding hydrogens is 631 g/mol. The van der Waals surface area contributed by atoms with Crippen LogP contribution in [0.15, 0.2) is 142 Å². The minimum absolute atomic E-state index is 0.0486. The van der Waals surface area contributed by atoms with Crippen LogP contribution in [0.4, 0.5) is 0 Å². The summed E-state index contributed by atoms with van der Waals surface area (Å²) >= 11 is 0. The van der Waals surface area contributed by atoms with Crippen molar-refractivity contribution in [1.82, 2.24) is 12.9 Å². The first-order chi connectivity index (χ1) is 21.6. The minimum atomic E-state index is -4.40. The highest BCUT2D eigenvalue weighted by Gasteiger charge is 2.43. The third kappa shape index (κ3) is 4.99. The van der Waals surface area contributed by atoms with E-state index in [4.69, 9.17) is 0 Å². The Morgan fingerprint density at radius 3 is 0.867 bits per heavy atom. The molecule has 6 aromatic carbocycles. The van der Waals surface area contributed by atoms with Gasteiger partial charge in [0.15, 0.2) is 0 Å². The van der Waals surface area contributed by atoms with E-state index in [2.05, 4.69) is 0 Å². The van der Waals surface area contributed by atoms with Crippen molar-refractivity contribution in [3.05, 3.63) is 127 Å². The summed E-state index contributed by atoms with van der Waals surface area (Å²) in [5.74, 6) is 0. The van der Waals surface area contributed by atoms with Crippen LogP contribution in [0.5, 0.6) is 0 Å². The van der Waals surface area contributed by atoms with Gasteiger partial charge in [0.1, 0.15) is 0 Å². The monoisotopic (exact) mass is 657 g/mol. The number of hydrogen-bond donors (Lipinski definition) is 0. The van der Waals surface area contributed by atoms with Crippen LogP contribution in [0.3, 0.4) is 0 Å². The fourth-order valence-electron chi connectivity index (χ4n) is 5.80. The zero-order chi connectivity index (χ0) is 31.4. The van der Waals surface area contributed by atoms with Crippen molar-refractivity contribution >= 4 is 62.4 Å². The molecule has 0 saturated carbocycles. The molecule has 1 fully saturated rings. The summed E-state index contributed by atoms with van der Waals surface area (Å²) in [5.41, 5.74) is 0. The lowest BCUT2D eigenvalue weighted by Gasteiger charge is -2.40. The Balaban J connectivity index is 1.39. The molecule has 0 aromatic heterocycles. The molecule has 0 spiro atoms. The molecule has 0 atom stereocenters. The van der Waals surface area contributed by atoms with Gasteiger partial charge >= 0.3 is 0 Å². The summed E-state index contributed by atoms with van der Waals surface area (Å²) in [6, 6.07) is 35.3. The normalized spacial score (nSPS) is 16.0. The van der Waals surface area contributed by atoms with Gasteiger partial charge in [0.25, 0.3) is 0 Å². The first kappa shape index (κ1) is 29.5. The lowest BCUT2D eigenvalue weighted by atomic mass is 10.1. The van der Waals surface area contributed by atoms with Crippen LogP contribution in [-0.2, 0) is 30.1 Å². The number of hydrogen-bond acceptors (Lipinski definition) is 6. The van der Waals surface area contributed by atoms with E-state index in [9.17, 15) is 25.3 Å². The third-order valence-electron chi connectivity index (χ3n) is 8.05. The topological polar surface area (TPSA) is 112 Å². The van der Waals surface area contributed by atoms with Gasteiger partial charge in [0.05, 0.1) is 34.7 Å². The van der Waals surface area contributed by atoms with Crippen molar-refractivity contribution < 1.29 is 25.3 Å². The van der Waals surface area contributed by atoms with Gasteiger partial charge in [-0.05, 0) is 34.4 Å². The third-order valence-corrected chi connectivity index (χ3v) is 13.5. The molecule has 9 nitrogen and oxygen atoms in total. The molecular formula is C33H27N3O6S3. The minimum Gasteiger partial charge on any atom is -0.207 e. The predicted octanol–water partition coefficient (Wildman–Crippen LogP) is 5.40. The standard InChI is InChI=1S/C33H27N3O6S3/c37-43(38,31-19-7-13-25-10-1-4-16-28(25)31)34-22-35(44(39,40)32-20-8-14-26-11-2-5-17-29(26)32)24-36(23-34)45(41,42)33-21-9-15-27-12-3-6-18-30(27)33/h1-21H,22-24H2. The predicted molar refractivity (Wildman–Crippen MR) is 174 cm³/mol. The van der Waals surface area contributed by atoms with Crippen LogP contribution in [0.1, 0.15) is 0 Å². The van der Waals surface area contributed by atoms with Crippen molar-refractivity contribution in [3.8, 4) is 0 Å². The van der Waals surface area contributed by atoms with Crippen molar-refractivity contribution in [1.29, 1.82) is 0 Å². The van der Waals surface area contributed by atoms with Crippen LogP contribution < -0.4 is 0 Å². The van der Waals surface area contributed by atoms with Gasteiger partial charge in [-0.3, -0.25) is 0 Å². The summed E-state index contributed by atoms with van der Waals surface area (Å²) in [6.07, 6.45) is 0. The second kappa shape index (κ2) is 11.0. The Kier molecular flexibility index (Phi) is 7.23. The van der Waals surface area contributed by atoms with Gasteiger partial charge in [-0.15, -0.1) is 0 Å². The number of sulfonamides is 3. The number of rotatable bonds is 6. The van der Waals surface area contributed by atoms with Crippen molar-refractivity contribution in [3.63, 3.8) is 0 Å². The highest BCUT2D eigenvalue weighted by Crippen LogP contribution is 2.34. The first-order valence-corrected chi connectivity index (χ1v) is 18.3. The van der Waals surface area contributed by atoms with E-state index in [1.54, 1.807) is 109 Å². The lowest BCUT2D eigenvalue weighted by Crippen LogP contribution is -2.59. The molecule has 1 aliphatic rings. The molecule has 0 bridgehead atoms. The molecule has 1 saturated heterocycles. The van der Waals surface area contributed by atoms with Crippen LogP contribution in [0, 0.1) is 0 Å². The van der Waals surface area contributed by atoms with Crippen molar-refractivity contribution in [2.24, 2.45) is 0 Å². The largest absolute Gasteiger partial charge is 0.246 e. The van der Waals surface area contributed by atoms with Crippen LogP contribution in [0.2, 0.25) is 0 Å². The average Bonchev–Trinajstić information content (AvgIpc) is 3.07. The summed E-state index contributed by atoms with van der Waals surface area (Å²) < 4.78 is 88.7. The lowest BCUT2D eigenvalue weighted by molar-refractivity contribution is 0.127. The zero-order valence-corrected chi connectivity index (χ0v) is 26.2. The Morgan fingerprint density at radius 1 is 0.333 bits per heavy atom. The van der Waals surface area contributed by atoms with Crippen LogP contribution in [-0.4, -0.2) is 58.2 Å². The first-order valence-electron chi connectivity index (χ1n) is 14.0. The molecule has 0 aliphatic carbocycles. The number of nitrogens with zero attached hydrogens (tertiary/aromatic N) is 3. The molecule has 1 aliphatic heterocycles. The summed E-state index contributed by atoms with van der Waals surface area (Å²) in [6.45, 7) is -1.75. The van der Waals surface area contributed by atoms with E-state index in [1.165, 1.54) is 18.2 Å². The van der Waals surface area contributed by atoms with E-state index >= 15 is 0 Å². The Morgan fingerprint density at radius 2 is 0.578 bits per heavy atom. The maximum Gasteiger partial charge on any atom is 0.246 e. The Labute approximate surface area is 261 Å². The average molecular weight is 658 g/mol. The van der Waals surface area contributed by atoms with Crippen molar-refractivity contribution in [2.75, 3.05) is 20.0 Å². The fourth-order valence-corrected chi connectivity index (χ4v) is 10.7. The molecule has 0 amide bonds. The molecule has 45 heavy (non-hydrogen) atoms. The highest BCUT2D eigenvalue weighted by molar-refractivity contribution is 7.91. The van der Waals surface area contributed by atoms with E-state index in [0.29, 0.717) is 32.3 Å². The number of fused-ring (bicyclic) bond motifs is 3. The summed E-state index contributed by atoms with van der Waals surface area (Å²) in [7, 11) is -13.2. The van der Waals surface area contributed by atoms with Crippen molar-refractivity contribution in [2.45, 2.75) is 14.7 Å². The van der Waals surface area contributed by atoms with E-state index in [1.807, 2.05) is 0 Å². The highest BCUT2D eigenvalue weighted by atomic mass is 32.2. The smallest absolute Gasteiger partial charge is 0.207 e. The SMILES string of the molecule is O=S(=O)(c1cccc2ccccc12)N1CN(S(=O)(=O)c2cccc3ccccc23)CN(S(=O)(=O)c2cccc3ccccc23)C1. The van der Waals surface area contributed by atoms with Gasteiger partial charge in [0.2, 0.25) is 30.1 Å². The fraction of sp³-hybridized carbons (Fsp3) is 0.0909. The van der Waals surface area contributed by atoms with Crippen LogP contribution in [0.25, 0.3) is 32.3 Å². The second-order valence-corrected chi connectivity index (χ2v) is 16.4. The Hall–Kier alpha value is -4.17. The molecule has 7 rings (SSSR count). The van der Waals surface area contributed by atoms with E-state index < -0.39 is 50.1 Å². The maximum atomic E-state index is 14.3. The zero-order valence-electron chi connectivity index (χ0n) is 23.8. The van der Waals surface area contributed by atoms with Gasteiger partial charge in [-0.25, -0.2) is 25.3 Å². The molecule has 228 valence electrons. The van der Waals surface area contributed by atoms with Gasteiger partial charge < -0.3 is 0 Å². The maximum absolute atomic E-state index is 14.3. The van der Waals surface area contributed by atoms with Gasteiger partial charge in [0, 0.05) is 16.2 Å². The molecule has 0 radical (unpaired) electrons. The molecule has 0 unspecified atom stereocenters. The number of benzene rings is 6.